The number of carboxylic acid groups (broad SMARTS) is 2. The number of thiophene rings is 1. The van der Waals surface area contributed by atoms with Crippen molar-refractivity contribution in [3.63, 3.8) is 0 Å². The average Bonchev–Trinajstić information content (AvgIpc) is 2.69. The Kier molecular flexibility index (Phi) is 7.03. The molecule has 18 heavy (non-hydrogen) atoms. The zero-order chi connectivity index (χ0) is 14.2. The van der Waals surface area contributed by atoms with Gasteiger partial charge in [0.25, 0.3) is 0 Å². The summed E-state index contributed by atoms with van der Waals surface area (Å²) in [6, 6.07) is 4.02. The van der Waals surface area contributed by atoms with Crippen LogP contribution in [0.3, 0.4) is 0 Å². The van der Waals surface area contributed by atoms with Crippen LogP contribution in [0.25, 0.3) is 0 Å². The van der Waals surface area contributed by atoms with Crippen LogP contribution in [0.15, 0.2) is 17.5 Å². The molecular formula is C10H11F3O4S. The molecule has 0 fully saturated rings. The molecule has 0 aromatic carbocycles. The summed E-state index contributed by atoms with van der Waals surface area (Å²) in [7, 11) is 0. The van der Waals surface area contributed by atoms with Crippen LogP contribution in [0.5, 0.6) is 0 Å². The number of aliphatic carboxylic acids is 2. The molecule has 4 nitrogen and oxygen atoms in total. The summed E-state index contributed by atoms with van der Waals surface area (Å²) >= 11 is 1.68. The molecule has 8 heteroatoms. The van der Waals surface area contributed by atoms with E-state index in [1.54, 1.807) is 11.3 Å². The predicted octanol–water partition coefficient (Wildman–Crippen LogP) is 2.79. The van der Waals surface area contributed by atoms with Crippen molar-refractivity contribution >= 4 is 23.3 Å². The van der Waals surface area contributed by atoms with Crippen molar-refractivity contribution in [3.05, 3.63) is 22.4 Å². The van der Waals surface area contributed by atoms with E-state index in [-0.39, 0.29) is 6.42 Å². The molecule has 1 rings (SSSR count). The second-order valence-electron chi connectivity index (χ2n) is 3.13. The lowest BCUT2D eigenvalue weighted by Gasteiger charge is -1.93. The molecule has 0 aliphatic heterocycles. The van der Waals surface area contributed by atoms with E-state index in [1.807, 2.05) is 17.5 Å². The van der Waals surface area contributed by atoms with Crippen LogP contribution >= 0.6 is 11.3 Å². The molecule has 1 aromatic heterocycles. The Hall–Kier alpha value is -1.57. The highest BCUT2D eigenvalue weighted by Gasteiger charge is 2.38. The lowest BCUT2D eigenvalue weighted by atomic mass is 10.2. The van der Waals surface area contributed by atoms with E-state index in [2.05, 4.69) is 0 Å². The molecule has 0 spiro atoms. The molecule has 0 unspecified atom stereocenters. The fourth-order valence-corrected chi connectivity index (χ4v) is 1.62. The number of hydrogen-bond donors (Lipinski definition) is 2. The first-order valence-corrected chi connectivity index (χ1v) is 5.65. The van der Waals surface area contributed by atoms with E-state index in [4.69, 9.17) is 15.0 Å². The molecule has 1 aromatic rings. The van der Waals surface area contributed by atoms with Crippen molar-refractivity contribution in [1.29, 1.82) is 0 Å². The van der Waals surface area contributed by atoms with Crippen LogP contribution in [-0.2, 0) is 16.0 Å². The Labute approximate surface area is 105 Å². The molecule has 0 amide bonds. The summed E-state index contributed by atoms with van der Waals surface area (Å²) in [4.78, 5) is 20.3. The van der Waals surface area contributed by atoms with Gasteiger partial charge in [0.2, 0.25) is 0 Å². The normalized spacial score (nSPS) is 10.4. The van der Waals surface area contributed by atoms with E-state index in [0.29, 0.717) is 0 Å². The van der Waals surface area contributed by atoms with Gasteiger partial charge in [-0.15, -0.1) is 11.3 Å². The Morgan fingerprint density at radius 1 is 1.28 bits per heavy atom. The summed E-state index contributed by atoms with van der Waals surface area (Å²) in [6.45, 7) is 0. The molecule has 0 saturated carbocycles. The fraction of sp³-hybridized carbons (Fsp3) is 0.400. The van der Waals surface area contributed by atoms with E-state index in [0.717, 1.165) is 12.8 Å². The van der Waals surface area contributed by atoms with Crippen molar-refractivity contribution < 1.29 is 33.0 Å². The van der Waals surface area contributed by atoms with E-state index < -0.39 is 18.1 Å². The van der Waals surface area contributed by atoms with Crippen LogP contribution in [0.2, 0.25) is 0 Å². The quantitative estimate of drug-likeness (QED) is 0.891. The van der Waals surface area contributed by atoms with Crippen molar-refractivity contribution in [1.82, 2.24) is 0 Å². The van der Waals surface area contributed by atoms with E-state index >= 15 is 0 Å². The lowest BCUT2D eigenvalue weighted by molar-refractivity contribution is -0.192. The van der Waals surface area contributed by atoms with Gasteiger partial charge in [0.05, 0.1) is 0 Å². The molecule has 0 saturated heterocycles. The Morgan fingerprint density at radius 3 is 2.17 bits per heavy atom. The minimum Gasteiger partial charge on any atom is -0.481 e. The monoisotopic (exact) mass is 284 g/mol. The number of carbonyl (C=O) groups is 2. The fourth-order valence-electron chi connectivity index (χ4n) is 0.869. The van der Waals surface area contributed by atoms with E-state index in [1.165, 1.54) is 4.88 Å². The Bertz CT molecular complexity index is 373. The van der Waals surface area contributed by atoms with Gasteiger partial charge in [0, 0.05) is 11.3 Å². The van der Waals surface area contributed by atoms with Crippen molar-refractivity contribution in [2.24, 2.45) is 0 Å². The zero-order valence-corrected chi connectivity index (χ0v) is 9.92. The third-order valence-corrected chi connectivity index (χ3v) is 2.57. The maximum absolute atomic E-state index is 10.6. The number of rotatable bonds is 4. The Balaban J connectivity index is 0.000000360. The highest BCUT2D eigenvalue weighted by molar-refractivity contribution is 7.09. The molecule has 0 aliphatic rings. The highest BCUT2D eigenvalue weighted by Crippen LogP contribution is 2.13. The first-order valence-electron chi connectivity index (χ1n) is 4.77. The van der Waals surface area contributed by atoms with Crippen molar-refractivity contribution in [3.8, 4) is 0 Å². The summed E-state index contributed by atoms with van der Waals surface area (Å²) in [6.07, 6.45) is -3.17. The minimum absolute atomic E-state index is 0.276. The largest absolute Gasteiger partial charge is 0.490 e. The first kappa shape index (κ1) is 16.4. The van der Waals surface area contributed by atoms with Crippen LogP contribution < -0.4 is 0 Å². The predicted molar refractivity (Wildman–Crippen MR) is 58.6 cm³/mol. The molecule has 0 bridgehead atoms. The van der Waals surface area contributed by atoms with Gasteiger partial charge in [-0.3, -0.25) is 4.79 Å². The van der Waals surface area contributed by atoms with Crippen molar-refractivity contribution in [2.45, 2.75) is 25.4 Å². The smallest absolute Gasteiger partial charge is 0.481 e. The molecule has 0 aliphatic carbocycles. The maximum Gasteiger partial charge on any atom is 0.490 e. The molecule has 0 atom stereocenters. The van der Waals surface area contributed by atoms with Crippen LogP contribution in [0.1, 0.15) is 17.7 Å². The number of hydrogen-bond acceptors (Lipinski definition) is 3. The molecule has 2 N–H and O–H groups in total. The molecule has 102 valence electrons. The third-order valence-electron chi connectivity index (χ3n) is 1.64. The number of alkyl halides is 3. The van der Waals surface area contributed by atoms with Gasteiger partial charge in [0.1, 0.15) is 0 Å². The topological polar surface area (TPSA) is 74.6 Å². The first-order chi connectivity index (χ1) is 8.23. The summed E-state index contributed by atoms with van der Waals surface area (Å²) < 4.78 is 31.7. The van der Waals surface area contributed by atoms with Gasteiger partial charge in [-0.1, -0.05) is 6.07 Å². The van der Waals surface area contributed by atoms with Crippen molar-refractivity contribution in [2.75, 3.05) is 0 Å². The minimum atomic E-state index is -5.08. The van der Waals surface area contributed by atoms with Crippen LogP contribution in [-0.4, -0.2) is 28.3 Å². The van der Waals surface area contributed by atoms with Crippen LogP contribution in [0, 0.1) is 0 Å². The van der Waals surface area contributed by atoms with Gasteiger partial charge >= 0.3 is 18.1 Å². The summed E-state index contributed by atoms with van der Waals surface area (Å²) in [5.74, 6) is -3.46. The highest BCUT2D eigenvalue weighted by atomic mass is 32.1. The second kappa shape index (κ2) is 7.70. The van der Waals surface area contributed by atoms with Gasteiger partial charge in [0.15, 0.2) is 0 Å². The van der Waals surface area contributed by atoms with Gasteiger partial charge in [-0.05, 0) is 24.3 Å². The third kappa shape index (κ3) is 8.57. The van der Waals surface area contributed by atoms with Crippen LogP contribution in [0.4, 0.5) is 13.2 Å². The van der Waals surface area contributed by atoms with Gasteiger partial charge in [-0.2, -0.15) is 13.2 Å². The average molecular weight is 284 g/mol. The zero-order valence-electron chi connectivity index (χ0n) is 9.11. The van der Waals surface area contributed by atoms with Gasteiger partial charge < -0.3 is 10.2 Å². The number of carboxylic acids is 2. The Morgan fingerprint density at radius 2 is 1.83 bits per heavy atom. The second-order valence-corrected chi connectivity index (χ2v) is 4.16. The molecule has 0 radical (unpaired) electrons. The number of halogens is 3. The lowest BCUT2D eigenvalue weighted by Crippen LogP contribution is -2.21. The number of aryl methyl sites for hydroxylation is 1. The van der Waals surface area contributed by atoms with E-state index in [9.17, 15) is 18.0 Å². The van der Waals surface area contributed by atoms with Gasteiger partial charge in [-0.25, -0.2) is 4.79 Å². The summed E-state index contributed by atoms with van der Waals surface area (Å²) in [5, 5.41) is 17.5. The maximum atomic E-state index is 10.6. The summed E-state index contributed by atoms with van der Waals surface area (Å²) in [5.41, 5.74) is 0. The SMILES string of the molecule is O=C(O)C(F)(F)F.O=C(O)CCCc1cccs1. The molecule has 1 heterocycles. The molecular weight excluding hydrogens is 273 g/mol. The standard InChI is InChI=1S/C8H10O2S.C2HF3O2/c9-8(10)5-1-3-7-4-2-6-11-7;3-2(4,5)1(6)7/h2,4,6H,1,3,5H2,(H,9,10);(H,6,7).